The minimum atomic E-state index is -0.223. The SMILES string of the molecule is CC(=O)Nc1ccc(Cl)cc1NC(=O)Cn1c(C)c(Br)c2ccccc21. The molecular formula is C19H17BrClN3O2. The van der Waals surface area contributed by atoms with Crippen LogP contribution in [0.4, 0.5) is 11.4 Å². The Morgan fingerprint density at radius 3 is 2.58 bits per heavy atom. The van der Waals surface area contributed by atoms with Crippen molar-refractivity contribution in [2.75, 3.05) is 10.6 Å². The Morgan fingerprint density at radius 1 is 1.12 bits per heavy atom. The quantitative estimate of drug-likeness (QED) is 0.609. The van der Waals surface area contributed by atoms with Gasteiger partial charge in [0.25, 0.3) is 0 Å². The molecule has 0 saturated carbocycles. The Hall–Kier alpha value is -2.31. The number of carbonyl (C=O) groups is 2. The molecule has 0 atom stereocenters. The Kier molecular flexibility index (Phi) is 5.34. The lowest BCUT2D eigenvalue weighted by Gasteiger charge is -2.13. The van der Waals surface area contributed by atoms with Crippen LogP contribution in [0.3, 0.4) is 0 Å². The molecule has 0 aliphatic heterocycles. The van der Waals surface area contributed by atoms with Crippen LogP contribution < -0.4 is 10.6 Å². The third-order valence-corrected chi connectivity index (χ3v) is 5.26. The maximum absolute atomic E-state index is 12.6. The lowest BCUT2D eigenvalue weighted by molar-refractivity contribution is -0.117. The van der Waals surface area contributed by atoms with Crippen LogP contribution in [0.15, 0.2) is 46.9 Å². The fraction of sp³-hybridized carbons (Fsp3) is 0.158. The highest BCUT2D eigenvalue weighted by atomic mass is 79.9. The molecule has 7 heteroatoms. The van der Waals surface area contributed by atoms with Crippen molar-refractivity contribution in [3.8, 4) is 0 Å². The molecule has 0 spiro atoms. The Bertz CT molecular complexity index is 1010. The third-order valence-electron chi connectivity index (χ3n) is 4.02. The fourth-order valence-corrected chi connectivity index (χ4v) is 3.57. The summed E-state index contributed by atoms with van der Waals surface area (Å²) in [5.74, 6) is -0.436. The molecule has 2 aromatic carbocycles. The zero-order chi connectivity index (χ0) is 18.8. The van der Waals surface area contributed by atoms with Crippen molar-refractivity contribution < 1.29 is 9.59 Å². The third kappa shape index (κ3) is 3.76. The molecule has 26 heavy (non-hydrogen) atoms. The summed E-state index contributed by atoms with van der Waals surface area (Å²) in [5, 5.41) is 7.05. The van der Waals surface area contributed by atoms with Crippen LogP contribution in [-0.4, -0.2) is 16.4 Å². The van der Waals surface area contributed by atoms with Crippen molar-refractivity contribution >= 4 is 61.6 Å². The molecule has 0 unspecified atom stereocenters. The van der Waals surface area contributed by atoms with Crippen LogP contribution in [0, 0.1) is 6.92 Å². The van der Waals surface area contributed by atoms with Crippen LogP contribution in [0.25, 0.3) is 10.9 Å². The van der Waals surface area contributed by atoms with Crippen molar-refractivity contribution in [1.82, 2.24) is 4.57 Å². The zero-order valence-corrected chi connectivity index (χ0v) is 16.6. The second-order valence-corrected chi connectivity index (χ2v) is 7.15. The Labute approximate surface area is 164 Å². The average molecular weight is 435 g/mol. The van der Waals surface area contributed by atoms with Gasteiger partial charge in [-0.15, -0.1) is 0 Å². The van der Waals surface area contributed by atoms with Gasteiger partial charge < -0.3 is 15.2 Å². The minimum absolute atomic E-state index is 0.143. The number of anilines is 2. The second-order valence-electron chi connectivity index (χ2n) is 5.92. The zero-order valence-electron chi connectivity index (χ0n) is 14.3. The highest BCUT2D eigenvalue weighted by molar-refractivity contribution is 9.10. The summed E-state index contributed by atoms with van der Waals surface area (Å²) < 4.78 is 2.92. The highest BCUT2D eigenvalue weighted by Gasteiger charge is 2.15. The van der Waals surface area contributed by atoms with Gasteiger partial charge in [-0.25, -0.2) is 0 Å². The molecule has 5 nitrogen and oxygen atoms in total. The predicted molar refractivity (Wildman–Crippen MR) is 109 cm³/mol. The van der Waals surface area contributed by atoms with Gasteiger partial charge in [-0.2, -0.15) is 0 Å². The summed E-state index contributed by atoms with van der Waals surface area (Å²) in [6.45, 7) is 3.51. The van der Waals surface area contributed by atoms with Crippen LogP contribution in [0.1, 0.15) is 12.6 Å². The summed E-state index contributed by atoms with van der Waals surface area (Å²) in [6, 6.07) is 12.8. The number of nitrogens with one attached hydrogen (secondary N) is 2. The molecule has 1 heterocycles. The molecule has 2 N–H and O–H groups in total. The van der Waals surface area contributed by atoms with Gasteiger partial charge in [0.15, 0.2) is 0 Å². The molecule has 1 aromatic heterocycles. The topological polar surface area (TPSA) is 63.1 Å². The van der Waals surface area contributed by atoms with E-state index in [4.69, 9.17) is 11.6 Å². The summed E-state index contributed by atoms with van der Waals surface area (Å²) >= 11 is 9.62. The first kappa shape index (κ1) is 18.5. The van der Waals surface area contributed by atoms with E-state index in [1.807, 2.05) is 35.8 Å². The van der Waals surface area contributed by atoms with Crippen LogP contribution >= 0.6 is 27.5 Å². The molecule has 0 aliphatic carbocycles. The van der Waals surface area contributed by atoms with E-state index in [0.29, 0.717) is 16.4 Å². The largest absolute Gasteiger partial charge is 0.334 e. The molecule has 3 aromatic rings. The molecule has 0 fully saturated rings. The summed E-state index contributed by atoms with van der Waals surface area (Å²) in [5.41, 5.74) is 2.91. The van der Waals surface area contributed by atoms with E-state index in [1.165, 1.54) is 6.92 Å². The first-order chi connectivity index (χ1) is 12.4. The number of fused-ring (bicyclic) bond motifs is 1. The normalized spacial score (nSPS) is 10.8. The van der Waals surface area contributed by atoms with E-state index in [1.54, 1.807) is 18.2 Å². The predicted octanol–water partition coefficient (Wildman–Crippen LogP) is 4.96. The summed E-state index contributed by atoms with van der Waals surface area (Å²) in [6.07, 6.45) is 0. The maximum Gasteiger partial charge on any atom is 0.244 e. The monoisotopic (exact) mass is 433 g/mol. The van der Waals surface area contributed by atoms with Crippen molar-refractivity contribution in [3.05, 3.63) is 57.7 Å². The lowest BCUT2D eigenvalue weighted by atomic mass is 10.2. The lowest BCUT2D eigenvalue weighted by Crippen LogP contribution is -2.20. The van der Waals surface area contributed by atoms with Gasteiger partial charge >= 0.3 is 0 Å². The number of hydrogen-bond donors (Lipinski definition) is 2. The van der Waals surface area contributed by atoms with Crippen LogP contribution in [-0.2, 0) is 16.1 Å². The van der Waals surface area contributed by atoms with E-state index >= 15 is 0 Å². The van der Waals surface area contributed by atoms with Crippen molar-refractivity contribution in [3.63, 3.8) is 0 Å². The molecular weight excluding hydrogens is 418 g/mol. The van der Waals surface area contributed by atoms with Gasteiger partial charge in [0.05, 0.1) is 11.4 Å². The summed E-state index contributed by atoms with van der Waals surface area (Å²) in [4.78, 5) is 24.0. The molecule has 0 radical (unpaired) electrons. The number of rotatable bonds is 4. The number of benzene rings is 2. The van der Waals surface area contributed by atoms with Gasteiger partial charge in [0, 0.05) is 33.0 Å². The number of carbonyl (C=O) groups excluding carboxylic acids is 2. The van der Waals surface area contributed by atoms with E-state index in [0.717, 1.165) is 21.1 Å². The average Bonchev–Trinajstić information content (AvgIpc) is 2.82. The number of para-hydroxylation sites is 1. The Morgan fingerprint density at radius 2 is 1.85 bits per heavy atom. The molecule has 134 valence electrons. The molecule has 0 aliphatic rings. The van der Waals surface area contributed by atoms with Crippen molar-refractivity contribution in [2.24, 2.45) is 0 Å². The molecule has 3 rings (SSSR count). The minimum Gasteiger partial charge on any atom is -0.334 e. The maximum atomic E-state index is 12.6. The van der Waals surface area contributed by atoms with Crippen LogP contribution in [0.2, 0.25) is 5.02 Å². The van der Waals surface area contributed by atoms with Gasteiger partial charge in [-0.1, -0.05) is 29.8 Å². The first-order valence-corrected chi connectivity index (χ1v) is 9.14. The van der Waals surface area contributed by atoms with E-state index in [9.17, 15) is 9.59 Å². The van der Waals surface area contributed by atoms with E-state index in [-0.39, 0.29) is 18.4 Å². The molecule has 2 amide bonds. The van der Waals surface area contributed by atoms with E-state index < -0.39 is 0 Å². The highest BCUT2D eigenvalue weighted by Crippen LogP contribution is 2.31. The number of amides is 2. The number of hydrogen-bond acceptors (Lipinski definition) is 2. The number of halogens is 2. The van der Waals surface area contributed by atoms with Crippen molar-refractivity contribution in [1.29, 1.82) is 0 Å². The van der Waals surface area contributed by atoms with Gasteiger partial charge in [-0.3, -0.25) is 9.59 Å². The standard InChI is InChI=1S/C19H17BrClN3O2/c1-11-19(20)14-5-3-4-6-17(14)24(11)10-18(26)23-16-9-13(21)7-8-15(16)22-12(2)25/h3-9H,10H2,1-2H3,(H,22,25)(H,23,26). The van der Waals surface area contributed by atoms with E-state index in [2.05, 4.69) is 26.6 Å². The second kappa shape index (κ2) is 7.51. The van der Waals surface area contributed by atoms with Crippen LogP contribution in [0.5, 0.6) is 0 Å². The number of nitrogens with zero attached hydrogens (tertiary/aromatic N) is 1. The van der Waals surface area contributed by atoms with Gasteiger partial charge in [-0.05, 0) is 47.1 Å². The first-order valence-electron chi connectivity index (χ1n) is 7.97. The van der Waals surface area contributed by atoms with Crippen molar-refractivity contribution in [2.45, 2.75) is 20.4 Å². The smallest absolute Gasteiger partial charge is 0.244 e. The fourth-order valence-electron chi connectivity index (χ4n) is 2.84. The Balaban J connectivity index is 1.88. The van der Waals surface area contributed by atoms with Gasteiger partial charge in [0.1, 0.15) is 6.54 Å². The summed E-state index contributed by atoms with van der Waals surface area (Å²) in [7, 11) is 0. The van der Waals surface area contributed by atoms with Gasteiger partial charge in [0.2, 0.25) is 11.8 Å². The number of aromatic nitrogens is 1. The molecule has 0 bridgehead atoms. The molecule has 0 saturated heterocycles.